The Morgan fingerprint density at radius 1 is 1.47 bits per heavy atom. The second kappa shape index (κ2) is 6.12. The minimum Gasteiger partial charge on any atom is -0.381 e. The molecule has 1 N–H and O–H groups in total. The van der Waals surface area contributed by atoms with Crippen molar-refractivity contribution in [3.8, 4) is 0 Å². The van der Waals surface area contributed by atoms with Crippen molar-refractivity contribution in [2.75, 3.05) is 19.8 Å². The number of benzene rings is 1. The Hall–Kier alpha value is -0.930. The lowest BCUT2D eigenvalue weighted by molar-refractivity contribution is 0.184. The summed E-state index contributed by atoms with van der Waals surface area (Å²) in [4.78, 5) is 0. The van der Waals surface area contributed by atoms with Gasteiger partial charge in [-0.15, -0.1) is 0 Å². The van der Waals surface area contributed by atoms with E-state index >= 15 is 0 Å². The lowest BCUT2D eigenvalue weighted by Gasteiger charge is -2.16. The maximum absolute atomic E-state index is 13.4. The molecule has 1 saturated heterocycles. The number of hydrogen-bond donors (Lipinski definition) is 1. The molecule has 0 spiro atoms. The van der Waals surface area contributed by atoms with Gasteiger partial charge in [-0.3, -0.25) is 0 Å². The number of hydrogen-bond acceptors (Lipinski definition) is 2. The lowest BCUT2D eigenvalue weighted by atomic mass is 10.0. The van der Waals surface area contributed by atoms with Gasteiger partial charge in [-0.05, 0) is 37.3 Å². The molecule has 3 heteroatoms. The van der Waals surface area contributed by atoms with E-state index in [-0.39, 0.29) is 5.82 Å². The van der Waals surface area contributed by atoms with E-state index in [1.54, 1.807) is 6.07 Å². The summed E-state index contributed by atoms with van der Waals surface area (Å²) in [6.07, 6.45) is 1.87. The van der Waals surface area contributed by atoms with E-state index in [1.807, 2.05) is 12.1 Å². The predicted octanol–water partition coefficient (Wildman–Crippen LogP) is 2.38. The summed E-state index contributed by atoms with van der Waals surface area (Å²) in [6, 6.07) is 7.29. The highest BCUT2D eigenvalue weighted by Crippen LogP contribution is 2.12. The molecule has 1 aliphatic rings. The first kappa shape index (κ1) is 12.5. The highest BCUT2D eigenvalue weighted by molar-refractivity contribution is 5.18. The normalized spacial score (nSPS) is 21.6. The second-order valence-corrected chi connectivity index (χ2v) is 4.83. The fourth-order valence-electron chi connectivity index (χ4n) is 2.18. The molecule has 0 radical (unpaired) electrons. The van der Waals surface area contributed by atoms with Crippen molar-refractivity contribution in [2.45, 2.75) is 25.8 Å². The number of nitrogens with one attached hydrogen (secondary N) is 1. The van der Waals surface area contributed by atoms with Gasteiger partial charge in [0.05, 0.1) is 6.61 Å². The van der Waals surface area contributed by atoms with E-state index in [4.69, 9.17) is 4.74 Å². The van der Waals surface area contributed by atoms with Gasteiger partial charge in [0, 0.05) is 19.2 Å². The molecule has 0 aliphatic carbocycles. The van der Waals surface area contributed by atoms with Crippen LogP contribution in [0.3, 0.4) is 0 Å². The van der Waals surface area contributed by atoms with Gasteiger partial charge in [-0.1, -0.05) is 18.2 Å². The van der Waals surface area contributed by atoms with Crippen LogP contribution in [0.5, 0.6) is 0 Å². The van der Waals surface area contributed by atoms with E-state index in [9.17, 15) is 4.39 Å². The SMILES string of the molecule is CC(Cc1ccccc1F)NCC1CCOC1. The molecule has 2 unspecified atom stereocenters. The van der Waals surface area contributed by atoms with E-state index in [0.29, 0.717) is 12.0 Å². The van der Waals surface area contributed by atoms with Crippen LogP contribution in [0, 0.1) is 11.7 Å². The molecule has 0 amide bonds. The van der Waals surface area contributed by atoms with Crippen LogP contribution in [0.25, 0.3) is 0 Å². The van der Waals surface area contributed by atoms with E-state index in [2.05, 4.69) is 12.2 Å². The second-order valence-electron chi connectivity index (χ2n) is 4.83. The Bertz CT molecular complexity index is 350. The van der Waals surface area contributed by atoms with Crippen LogP contribution >= 0.6 is 0 Å². The monoisotopic (exact) mass is 237 g/mol. The van der Waals surface area contributed by atoms with Gasteiger partial charge in [-0.2, -0.15) is 0 Å². The highest BCUT2D eigenvalue weighted by atomic mass is 19.1. The maximum atomic E-state index is 13.4. The summed E-state index contributed by atoms with van der Waals surface area (Å²) < 4.78 is 18.8. The molecule has 1 heterocycles. The van der Waals surface area contributed by atoms with Crippen molar-refractivity contribution in [3.63, 3.8) is 0 Å². The molecule has 0 bridgehead atoms. The van der Waals surface area contributed by atoms with Crippen molar-refractivity contribution in [3.05, 3.63) is 35.6 Å². The summed E-state index contributed by atoms with van der Waals surface area (Å²) in [7, 11) is 0. The average Bonchev–Trinajstić information content (AvgIpc) is 2.82. The molecule has 17 heavy (non-hydrogen) atoms. The van der Waals surface area contributed by atoms with Gasteiger partial charge in [0.2, 0.25) is 0 Å². The fourth-order valence-corrected chi connectivity index (χ4v) is 2.18. The fraction of sp³-hybridized carbons (Fsp3) is 0.571. The Balaban J connectivity index is 1.76. The van der Waals surface area contributed by atoms with Crippen LogP contribution in [-0.4, -0.2) is 25.8 Å². The predicted molar refractivity (Wildman–Crippen MR) is 66.5 cm³/mol. The van der Waals surface area contributed by atoms with E-state index in [0.717, 1.165) is 38.2 Å². The first-order chi connectivity index (χ1) is 8.25. The van der Waals surface area contributed by atoms with Crippen LogP contribution in [0.2, 0.25) is 0 Å². The van der Waals surface area contributed by atoms with Crippen LogP contribution in [0.1, 0.15) is 18.9 Å². The zero-order chi connectivity index (χ0) is 12.1. The molecule has 2 nitrogen and oxygen atoms in total. The molecule has 1 aromatic carbocycles. The van der Waals surface area contributed by atoms with Crippen molar-refractivity contribution >= 4 is 0 Å². The van der Waals surface area contributed by atoms with Crippen molar-refractivity contribution in [2.24, 2.45) is 5.92 Å². The molecular weight excluding hydrogens is 217 g/mol. The molecule has 1 aliphatic heterocycles. The Morgan fingerprint density at radius 3 is 3.00 bits per heavy atom. The van der Waals surface area contributed by atoms with Crippen LogP contribution in [0.4, 0.5) is 4.39 Å². The first-order valence-corrected chi connectivity index (χ1v) is 6.30. The van der Waals surface area contributed by atoms with Crippen molar-refractivity contribution in [1.82, 2.24) is 5.32 Å². The Labute approximate surface area is 102 Å². The van der Waals surface area contributed by atoms with E-state index < -0.39 is 0 Å². The van der Waals surface area contributed by atoms with E-state index in [1.165, 1.54) is 6.07 Å². The van der Waals surface area contributed by atoms with Crippen molar-refractivity contribution in [1.29, 1.82) is 0 Å². The van der Waals surface area contributed by atoms with Crippen molar-refractivity contribution < 1.29 is 9.13 Å². The summed E-state index contributed by atoms with van der Waals surface area (Å²) in [6.45, 7) is 4.81. The van der Waals surface area contributed by atoms with Gasteiger partial charge in [-0.25, -0.2) is 4.39 Å². The molecule has 94 valence electrons. The zero-order valence-corrected chi connectivity index (χ0v) is 10.3. The third-order valence-electron chi connectivity index (χ3n) is 3.26. The van der Waals surface area contributed by atoms with Crippen LogP contribution < -0.4 is 5.32 Å². The first-order valence-electron chi connectivity index (χ1n) is 6.30. The topological polar surface area (TPSA) is 21.3 Å². The molecule has 1 aromatic rings. The third kappa shape index (κ3) is 3.79. The number of ether oxygens (including phenoxy) is 1. The standard InChI is InChI=1S/C14H20FNO/c1-11(16-9-12-6-7-17-10-12)8-13-4-2-3-5-14(13)15/h2-5,11-12,16H,6-10H2,1H3. The molecule has 0 aromatic heterocycles. The highest BCUT2D eigenvalue weighted by Gasteiger charge is 2.16. The summed E-state index contributed by atoms with van der Waals surface area (Å²) in [5, 5.41) is 3.45. The molecule has 0 saturated carbocycles. The molecule has 1 fully saturated rings. The number of rotatable bonds is 5. The Morgan fingerprint density at radius 2 is 2.29 bits per heavy atom. The van der Waals surface area contributed by atoms with Gasteiger partial charge >= 0.3 is 0 Å². The summed E-state index contributed by atoms with van der Waals surface area (Å²) in [5.41, 5.74) is 0.787. The molecular formula is C14H20FNO. The molecule has 2 rings (SSSR count). The molecule has 2 atom stereocenters. The number of halogens is 1. The largest absolute Gasteiger partial charge is 0.381 e. The third-order valence-corrected chi connectivity index (χ3v) is 3.26. The van der Waals surface area contributed by atoms with Gasteiger partial charge in [0.15, 0.2) is 0 Å². The summed E-state index contributed by atoms with van der Waals surface area (Å²) in [5.74, 6) is 0.517. The minimum absolute atomic E-state index is 0.106. The quantitative estimate of drug-likeness (QED) is 0.849. The lowest BCUT2D eigenvalue weighted by Crippen LogP contribution is -2.33. The van der Waals surface area contributed by atoms with Gasteiger partial charge < -0.3 is 10.1 Å². The van der Waals surface area contributed by atoms with Crippen LogP contribution in [-0.2, 0) is 11.2 Å². The van der Waals surface area contributed by atoms with Gasteiger partial charge in [0.25, 0.3) is 0 Å². The summed E-state index contributed by atoms with van der Waals surface area (Å²) >= 11 is 0. The van der Waals surface area contributed by atoms with Crippen LogP contribution in [0.15, 0.2) is 24.3 Å². The maximum Gasteiger partial charge on any atom is 0.126 e. The zero-order valence-electron chi connectivity index (χ0n) is 10.3. The smallest absolute Gasteiger partial charge is 0.126 e. The average molecular weight is 237 g/mol. The Kier molecular flexibility index (Phi) is 4.51. The minimum atomic E-state index is -0.106. The van der Waals surface area contributed by atoms with Gasteiger partial charge in [0.1, 0.15) is 5.82 Å².